The van der Waals surface area contributed by atoms with Crippen LogP contribution in [0.2, 0.25) is 0 Å². The van der Waals surface area contributed by atoms with Crippen LogP contribution in [-0.4, -0.2) is 36.3 Å². The third-order valence-corrected chi connectivity index (χ3v) is 5.24. The number of Topliss-reactive ketones (excluding diaryl/α,β-unsaturated/α-hetero) is 1. The Labute approximate surface area is 141 Å². The SMILES string of the molecule is CC#Cc1cc(F)c(C2C(=O)N(C)C3(CCCC3)C2=O)c(OC)c1. The fourth-order valence-corrected chi connectivity index (χ4v) is 4.01. The van der Waals surface area contributed by atoms with Crippen LogP contribution in [0.4, 0.5) is 4.39 Å². The number of benzene rings is 1. The Bertz CT molecular complexity index is 769. The van der Waals surface area contributed by atoms with Crippen LogP contribution < -0.4 is 4.74 Å². The molecule has 0 aromatic heterocycles. The molecule has 1 aliphatic carbocycles. The van der Waals surface area contributed by atoms with Gasteiger partial charge in [-0.15, -0.1) is 5.92 Å². The second kappa shape index (κ2) is 5.94. The van der Waals surface area contributed by atoms with Gasteiger partial charge in [-0.05, 0) is 31.9 Å². The second-order valence-corrected chi connectivity index (χ2v) is 6.38. The van der Waals surface area contributed by atoms with E-state index in [9.17, 15) is 14.0 Å². The van der Waals surface area contributed by atoms with E-state index in [-0.39, 0.29) is 23.0 Å². The Kier molecular flexibility index (Phi) is 4.08. The zero-order chi connectivity index (χ0) is 17.5. The van der Waals surface area contributed by atoms with Crippen molar-refractivity contribution in [1.29, 1.82) is 0 Å². The van der Waals surface area contributed by atoms with Gasteiger partial charge in [0, 0.05) is 18.2 Å². The molecule has 1 spiro atoms. The van der Waals surface area contributed by atoms with Crippen LogP contribution in [0, 0.1) is 17.7 Å². The normalized spacial score (nSPS) is 22.0. The van der Waals surface area contributed by atoms with Crippen LogP contribution in [0.25, 0.3) is 0 Å². The van der Waals surface area contributed by atoms with Crippen LogP contribution in [0.5, 0.6) is 5.75 Å². The summed E-state index contributed by atoms with van der Waals surface area (Å²) in [5, 5.41) is 0. The molecule has 1 amide bonds. The van der Waals surface area contributed by atoms with Crippen molar-refractivity contribution in [3.05, 3.63) is 29.1 Å². The maximum absolute atomic E-state index is 14.8. The lowest BCUT2D eigenvalue weighted by Gasteiger charge is -2.29. The molecule has 0 bridgehead atoms. The summed E-state index contributed by atoms with van der Waals surface area (Å²) in [6.45, 7) is 1.65. The number of rotatable bonds is 2. The largest absolute Gasteiger partial charge is 0.496 e. The summed E-state index contributed by atoms with van der Waals surface area (Å²) in [4.78, 5) is 27.4. The van der Waals surface area contributed by atoms with E-state index < -0.39 is 17.3 Å². The Balaban J connectivity index is 2.13. The minimum Gasteiger partial charge on any atom is -0.496 e. The minimum absolute atomic E-state index is 0.0322. The standard InChI is InChI=1S/C19H20FNO3/c1-4-7-12-10-13(20)15(14(11-12)24-3)16-17(22)19(8-5-6-9-19)21(2)18(16)23/h10-11,16H,5-6,8-9H2,1-3H3. The van der Waals surface area contributed by atoms with Gasteiger partial charge >= 0.3 is 0 Å². The minimum atomic E-state index is -1.13. The summed E-state index contributed by atoms with van der Waals surface area (Å²) < 4.78 is 20.0. The van der Waals surface area contributed by atoms with Gasteiger partial charge in [0.05, 0.1) is 7.11 Å². The number of likely N-dealkylation sites (tertiary alicyclic amines) is 1. The molecule has 0 radical (unpaired) electrons. The highest BCUT2D eigenvalue weighted by atomic mass is 19.1. The van der Waals surface area contributed by atoms with Gasteiger partial charge in [0.1, 0.15) is 23.0 Å². The lowest BCUT2D eigenvalue weighted by Crippen LogP contribution is -2.44. The fraction of sp³-hybridized carbons (Fsp3) is 0.474. The molecule has 1 aromatic rings. The van der Waals surface area contributed by atoms with Crippen molar-refractivity contribution in [3.8, 4) is 17.6 Å². The predicted octanol–water partition coefficient (Wildman–Crippen LogP) is 2.64. The quantitative estimate of drug-likeness (QED) is 0.619. The summed E-state index contributed by atoms with van der Waals surface area (Å²) in [7, 11) is 3.05. The number of halogens is 1. The Morgan fingerprint density at radius 2 is 1.96 bits per heavy atom. The Morgan fingerprint density at radius 3 is 2.54 bits per heavy atom. The molecule has 4 nitrogen and oxygen atoms in total. The van der Waals surface area contributed by atoms with Gasteiger partial charge in [0.2, 0.25) is 5.91 Å². The number of carbonyl (C=O) groups is 2. The molecule has 1 saturated heterocycles. The third kappa shape index (κ3) is 2.21. The van der Waals surface area contributed by atoms with E-state index in [4.69, 9.17) is 4.74 Å². The molecule has 5 heteroatoms. The van der Waals surface area contributed by atoms with E-state index in [1.165, 1.54) is 18.1 Å². The van der Waals surface area contributed by atoms with E-state index in [0.717, 1.165) is 12.8 Å². The van der Waals surface area contributed by atoms with E-state index in [1.807, 2.05) is 0 Å². The number of hydrogen-bond acceptors (Lipinski definition) is 3. The first-order valence-electron chi connectivity index (χ1n) is 8.08. The highest BCUT2D eigenvalue weighted by molar-refractivity contribution is 6.17. The lowest BCUT2D eigenvalue weighted by atomic mass is 9.85. The first kappa shape index (κ1) is 16.5. The molecule has 1 aliphatic heterocycles. The summed E-state index contributed by atoms with van der Waals surface area (Å²) in [6, 6.07) is 2.84. The van der Waals surface area contributed by atoms with Crippen molar-refractivity contribution < 1.29 is 18.7 Å². The highest BCUT2D eigenvalue weighted by Gasteiger charge is 2.58. The van der Waals surface area contributed by atoms with Crippen molar-refractivity contribution >= 4 is 11.7 Å². The van der Waals surface area contributed by atoms with Gasteiger partial charge in [0.25, 0.3) is 0 Å². The van der Waals surface area contributed by atoms with Gasteiger partial charge in [0.15, 0.2) is 5.78 Å². The fourth-order valence-electron chi connectivity index (χ4n) is 4.01. The molecule has 1 heterocycles. The summed E-state index contributed by atoms with van der Waals surface area (Å²) in [5.74, 6) is 3.35. The monoisotopic (exact) mass is 329 g/mol. The number of amides is 1. The van der Waals surface area contributed by atoms with Crippen LogP contribution in [-0.2, 0) is 9.59 Å². The first-order chi connectivity index (χ1) is 11.5. The average molecular weight is 329 g/mol. The van der Waals surface area contributed by atoms with Gasteiger partial charge < -0.3 is 9.64 Å². The number of ether oxygens (including phenoxy) is 1. The number of carbonyl (C=O) groups excluding carboxylic acids is 2. The molecule has 2 fully saturated rings. The van der Waals surface area contributed by atoms with Crippen molar-refractivity contribution in [1.82, 2.24) is 4.90 Å². The van der Waals surface area contributed by atoms with E-state index in [1.54, 1.807) is 20.0 Å². The van der Waals surface area contributed by atoms with Gasteiger partial charge in [-0.3, -0.25) is 9.59 Å². The zero-order valence-corrected chi connectivity index (χ0v) is 14.1. The molecule has 2 aliphatic rings. The van der Waals surface area contributed by atoms with Crippen molar-refractivity contribution in [3.63, 3.8) is 0 Å². The van der Waals surface area contributed by atoms with Gasteiger partial charge in [-0.1, -0.05) is 18.8 Å². The zero-order valence-electron chi connectivity index (χ0n) is 14.1. The molecule has 1 atom stereocenters. The average Bonchev–Trinajstić information content (AvgIpc) is 3.11. The van der Waals surface area contributed by atoms with Gasteiger partial charge in [-0.25, -0.2) is 4.39 Å². The molecule has 1 saturated carbocycles. The van der Waals surface area contributed by atoms with E-state index in [2.05, 4.69) is 11.8 Å². The smallest absolute Gasteiger partial charge is 0.238 e. The molecule has 126 valence electrons. The van der Waals surface area contributed by atoms with Crippen LogP contribution in [0.3, 0.4) is 0 Å². The molecule has 3 rings (SSSR count). The first-order valence-corrected chi connectivity index (χ1v) is 8.08. The second-order valence-electron chi connectivity index (χ2n) is 6.38. The summed E-state index contributed by atoms with van der Waals surface area (Å²) in [6.07, 6.45) is 3.10. The van der Waals surface area contributed by atoms with Crippen molar-refractivity contribution in [2.45, 2.75) is 44.1 Å². The number of ketones is 1. The highest BCUT2D eigenvalue weighted by Crippen LogP contribution is 2.47. The van der Waals surface area contributed by atoms with Crippen molar-refractivity contribution in [2.24, 2.45) is 0 Å². The maximum atomic E-state index is 14.8. The van der Waals surface area contributed by atoms with E-state index >= 15 is 0 Å². The molecule has 24 heavy (non-hydrogen) atoms. The van der Waals surface area contributed by atoms with Crippen LogP contribution >= 0.6 is 0 Å². The molecular formula is C19H20FNO3. The Hall–Kier alpha value is -2.35. The summed E-state index contributed by atoms with van der Waals surface area (Å²) >= 11 is 0. The Morgan fingerprint density at radius 1 is 1.29 bits per heavy atom. The topological polar surface area (TPSA) is 46.6 Å². The summed E-state index contributed by atoms with van der Waals surface area (Å²) in [5.41, 5.74) is -0.289. The maximum Gasteiger partial charge on any atom is 0.238 e. The lowest BCUT2D eigenvalue weighted by molar-refractivity contribution is -0.131. The van der Waals surface area contributed by atoms with Gasteiger partial charge in [-0.2, -0.15) is 0 Å². The molecule has 1 aromatic carbocycles. The van der Waals surface area contributed by atoms with E-state index in [0.29, 0.717) is 18.4 Å². The predicted molar refractivity (Wildman–Crippen MR) is 87.2 cm³/mol. The third-order valence-electron chi connectivity index (χ3n) is 5.24. The number of hydrogen-bond donors (Lipinski definition) is 0. The molecular weight excluding hydrogens is 309 g/mol. The van der Waals surface area contributed by atoms with Crippen LogP contribution in [0.15, 0.2) is 12.1 Å². The molecule has 1 unspecified atom stereocenters. The number of methoxy groups -OCH3 is 1. The van der Waals surface area contributed by atoms with Crippen LogP contribution in [0.1, 0.15) is 49.7 Å². The molecule has 0 N–H and O–H groups in total. The van der Waals surface area contributed by atoms with Crippen molar-refractivity contribution in [2.75, 3.05) is 14.2 Å². The number of likely N-dealkylation sites (N-methyl/N-ethyl adjacent to an activating group) is 1. The number of nitrogens with zero attached hydrogens (tertiary/aromatic N) is 1.